The van der Waals surface area contributed by atoms with E-state index in [2.05, 4.69) is 15.0 Å². The first-order valence-electron chi connectivity index (χ1n) is 8.35. The molecule has 2 heterocycles. The molecule has 0 fully saturated rings. The molecular weight excluding hydrogens is 360 g/mol. The van der Waals surface area contributed by atoms with Crippen molar-refractivity contribution in [3.63, 3.8) is 0 Å². The highest BCUT2D eigenvalue weighted by Gasteiger charge is 2.13. The van der Waals surface area contributed by atoms with Crippen LogP contribution in [-0.4, -0.2) is 26.2 Å². The number of oxazole rings is 1. The van der Waals surface area contributed by atoms with Gasteiger partial charge in [-0.1, -0.05) is 6.07 Å². The minimum Gasteiger partial charge on any atom is -0.507 e. The van der Waals surface area contributed by atoms with Gasteiger partial charge < -0.3 is 9.52 Å². The number of aromatic nitrogens is 2. The van der Waals surface area contributed by atoms with Crippen molar-refractivity contribution < 1.29 is 14.4 Å². The van der Waals surface area contributed by atoms with Crippen LogP contribution in [0.4, 0.5) is 11.4 Å². The van der Waals surface area contributed by atoms with Gasteiger partial charge in [0, 0.05) is 35.7 Å². The lowest BCUT2D eigenvalue weighted by Gasteiger charge is -2.03. The van der Waals surface area contributed by atoms with Gasteiger partial charge in [-0.05, 0) is 42.8 Å². The summed E-state index contributed by atoms with van der Waals surface area (Å²) in [5, 5.41) is 21.2. The summed E-state index contributed by atoms with van der Waals surface area (Å²) >= 11 is 0. The minimum absolute atomic E-state index is 0.0458. The first-order chi connectivity index (χ1) is 13.5. The van der Waals surface area contributed by atoms with Crippen LogP contribution < -0.4 is 0 Å². The number of pyridine rings is 1. The predicted octanol–water partition coefficient (Wildman–Crippen LogP) is 4.56. The molecule has 8 nitrogen and oxygen atoms in total. The molecule has 2 aromatic heterocycles. The van der Waals surface area contributed by atoms with Gasteiger partial charge >= 0.3 is 0 Å². The van der Waals surface area contributed by atoms with Crippen molar-refractivity contribution in [2.45, 2.75) is 6.92 Å². The number of fused-ring (bicyclic) bond motifs is 1. The van der Waals surface area contributed by atoms with Gasteiger partial charge in [0.25, 0.3) is 5.69 Å². The predicted molar refractivity (Wildman–Crippen MR) is 104 cm³/mol. The fourth-order valence-corrected chi connectivity index (χ4v) is 2.75. The molecule has 0 radical (unpaired) electrons. The normalized spacial score (nSPS) is 11.3. The Kier molecular flexibility index (Phi) is 4.29. The summed E-state index contributed by atoms with van der Waals surface area (Å²) in [5.74, 6) is 0.371. The molecule has 0 bridgehead atoms. The van der Waals surface area contributed by atoms with E-state index in [1.807, 2.05) is 6.07 Å². The van der Waals surface area contributed by atoms with Crippen LogP contribution in [0.3, 0.4) is 0 Å². The highest BCUT2D eigenvalue weighted by molar-refractivity contribution is 5.87. The molecular formula is C20H14N4O4. The maximum atomic E-state index is 11.0. The van der Waals surface area contributed by atoms with Crippen LogP contribution >= 0.6 is 0 Å². The molecule has 0 unspecified atom stereocenters. The zero-order chi connectivity index (χ0) is 19.7. The summed E-state index contributed by atoms with van der Waals surface area (Å²) in [5.41, 5.74) is 2.96. The van der Waals surface area contributed by atoms with E-state index in [0.29, 0.717) is 33.9 Å². The second-order valence-corrected chi connectivity index (χ2v) is 6.11. The molecule has 28 heavy (non-hydrogen) atoms. The van der Waals surface area contributed by atoms with Gasteiger partial charge in [0.05, 0.1) is 10.6 Å². The molecule has 0 saturated heterocycles. The number of non-ortho nitro benzene ring substituents is 1. The van der Waals surface area contributed by atoms with Gasteiger partial charge in [0.2, 0.25) is 5.89 Å². The Labute approximate surface area is 159 Å². The summed E-state index contributed by atoms with van der Waals surface area (Å²) in [7, 11) is 0. The molecule has 0 aliphatic carbocycles. The van der Waals surface area contributed by atoms with E-state index in [1.54, 1.807) is 43.5 Å². The topological polar surface area (TPSA) is 115 Å². The van der Waals surface area contributed by atoms with E-state index < -0.39 is 4.92 Å². The summed E-state index contributed by atoms with van der Waals surface area (Å²) < 4.78 is 5.71. The van der Waals surface area contributed by atoms with Crippen LogP contribution in [0.1, 0.15) is 11.1 Å². The molecule has 0 atom stereocenters. The van der Waals surface area contributed by atoms with Crippen LogP contribution in [0.2, 0.25) is 0 Å². The maximum absolute atomic E-state index is 11.0. The van der Waals surface area contributed by atoms with Gasteiger partial charge in [-0.15, -0.1) is 0 Å². The fraction of sp³-hybridized carbons (Fsp3) is 0.0500. The van der Waals surface area contributed by atoms with E-state index in [-0.39, 0.29) is 17.0 Å². The monoisotopic (exact) mass is 374 g/mol. The second-order valence-electron chi connectivity index (χ2n) is 6.11. The standard InChI is InChI=1S/C20H14N4O4/c1-12-8-16(24(26)27)10-14(18(12)25)11-22-15-5-2-4-13(9-15)20-23-19-17(28-20)6-3-7-21-19/h2-11,25H,1H3. The van der Waals surface area contributed by atoms with Crippen LogP contribution in [-0.2, 0) is 0 Å². The number of aliphatic imine (C=N–C) groups is 1. The molecule has 1 N–H and O–H groups in total. The highest BCUT2D eigenvalue weighted by Crippen LogP contribution is 2.29. The van der Waals surface area contributed by atoms with Crippen molar-refractivity contribution in [3.8, 4) is 17.2 Å². The molecule has 8 heteroatoms. The molecule has 0 spiro atoms. The van der Waals surface area contributed by atoms with Crippen molar-refractivity contribution in [2.24, 2.45) is 4.99 Å². The summed E-state index contributed by atoms with van der Waals surface area (Å²) in [6, 6.07) is 13.3. The Morgan fingerprint density at radius 2 is 2.07 bits per heavy atom. The third-order valence-corrected chi connectivity index (χ3v) is 4.14. The summed E-state index contributed by atoms with van der Waals surface area (Å²) in [6.07, 6.45) is 3.03. The smallest absolute Gasteiger partial charge is 0.270 e. The Morgan fingerprint density at radius 3 is 2.86 bits per heavy atom. The van der Waals surface area contributed by atoms with E-state index >= 15 is 0 Å². The van der Waals surface area contributed by atoms with Crippen molar-refractivity contribution >= 4 is 28.8 Å². The third-order valence-electron chi connectivity index (χ3n) is 4.14. The number of phenols is 1. The molecule has 4 rings (SSSR count). The molecule has 0 aliphatic rings. The van der Waals surface area contributed by atoms with Crippen LogP contribution in [0.25, 0.3) is 22.7 Å². The number of rotatable bonds is 4. The average Bonchev–Trinajstić information content (AvgIpc) is 3.13. The van der Waals surface area contributed by atoms with E-state index in [0.717, 1.165) is 0 Å². The maximum Gasteiger partial charge on any atom is 0.270 e. The summed E-state index contributed by atoms with van der Waals surface area (Å²) in [4.78, 5) is 23.3. The SMILES string of the molecule is Cc1cc([N+](=O)[O-])cc(C=Nc2cccc(-c3nc4ncccc4o3)c2)c1O. The Balaban J connectivity index is 1.68. The van der Waals surface area contributed by atoms with Crippen molar-refractivity contribution in [1.82, 2.24) is 9.97 Å². The number of nitro benzene ring substituents is 1. The first kappa shape index (κ1) is 17.3. The molecule has 0 amide bonds. The number of hydrogen-bond donors (Lipinski definition) is 1. The zero-order valence-corrected chi connectivity index (χ0v) is 14.7. The third kappa shape index (κ3) is 3.30. The largest absolute Gasteiger partial charge is 0.507 e. The lowest BCUT2D eigenvalue weighted by molar-refractivity contribution is -0.384. The van der Waals surface area contributed by atoms with Crippen molar-refractivity contribution in [1.29, 1.82) is 0 Å². The van der Waals surface area contributed by atoms with Gasteiger partial charge in [0.1, 0.15) is 5.75 Å². The van der Waals surface area contributed by atoms with Crippen molar-refractivity contribution in [3.05, 3.63) is 76.0 Å². The number of aryl methyl sites for hydroxylation is 1. The Hall–Kier alpha value is -4.07. The lowest BCUT2D eigenvalue weighted by Crippen LogP contribution is -1.93. The number of hydrogen-bond acceptors (Lipinski definition) is 7. The molecule has 2 aromatic carbocycles. The van der Waals surface area contributed by atoms with E-state index in [4.69, 9.17) is 4.42 Å². The van der Waals surface area contributed by atoms with Gasteiger partial charge in [-0.2, -0.15) is 4.98 Å². The van der Waals surface area contributed by atoms with Gasteiger partial charge in [-0.3, -0.25) is 15.1 Å². The van der Waals surface area contributed by atoms with Gasteiger partial charge in [-0.25, -0.2) is 4.98 Å². The number of nitrogens with zero attached hydrogens (tertiary/aromatic N) is 4. The number of benzene rings is 2. The highest BCUT2D eigenvalue weighted by atomic mass is 16.6. The van der Waals surface area contributed by atoms with Crippen LogP contribution in [0, 0.1) is 17.0 Å². The van der Waals surface area contributed by atoms with Crippen LogP contribution in [0.15, 0.2) is 64.1 Å². The zero-order valence-electron chi connectivity index (χ0n) is 14.7. The molecule has 0 saturated carbocycles. The minimum atomic E-state index is -0.508. The Morgan fingerprint density at radius 1 is 1.21 bits per heavy atom. The quantitative estimate of drug-likeness (QED) is 0.318. The van der Waals surface area contributed by atoms with E-state index in [9.17, 15) is 15.2 Å². The summed E-state index contributed by atoms with van der Waals surface area (Å²) in [6.45, 7) is 1.60. The average molecular weight is 374 g/mol. The number of aromatic hydroxyl groups is 1. The first-order valence-corrected chi connectivity index (χ1v) is 8.35. The van der Waals surface area contributed by atoms with Crippen LogP contribution in [0.5, 0.6) is 5.75 Å². The number of phenolic OH excluding ortho intramolecular Hbond substituents is 1. The second kappa shape index (κ2) is 6.92. The molecule has 0 aliphatic heterocycles. The molecule has 138 valence electrons. The van der Waals surface area contributed by atoms with E-state index in [1.165, 1.54) is 18.3 Å². The number of nitro groups is 1. The van der Waals surface area contributed by atoms with Gasteiger partial charge in [0.15, 0.2) is 11.2 Å². The lowest BCUT2D eigenvalue weighted by atomic mass is 10.1. The Bertz CT molecular complexity index is 1200. The molecule has 4 aromatic rings. The fourth-order valence-electron chi connectivity index (χ4n) is 2.75. The van der Waals surface area contributed by atoms with Crippen molar-refractivity contribution in [2.75, 3.05) is 0 Å².